The molecule has 0 aliphatic heterocycles. The summed E-state index contributed by atoms with van der Waals surface area (Å²) in [5.41, 5.74) is 0. The molecule has 2 N–H and O–H groups in total. The highest BCUT2D eigenvalue weighted by molar-refractivity contribution is 5.75. The van der Waals surface area contributed by atoms with Crippen molar-refractivity contribution in [3.05, 3.63) is 12.2 Å². The van der Waals surface area contributed by atoms with E-state index < -0.39 is 0 Å². The Hall–Kier alpha value is -0.870. The summed E-state index contributed by atoms with van der Waals surface area (Å²) in [5.74, 6) is 0.202. The number of unbranched alkanes of at least 4 members (excludes halogenated alkanes) is 8. The van der Waals surface area contributed by atoms with E-state index in [4.69, 9.17) is 0 Å². The number of rotatable bonds is 19. The van der Waals surface area contributed by atoms with Gasteiger partial charge in [-0.25, -0.2) is 0 Å². The van der Waals surface area contributed by atoms with Crippen molar-refractivity contribution in [2.75, 3.05) is 20.6 Å². The maximum atomic E-state index is 12.2. The molecule has 0 spiro atoms. The van der Waals surface area contributed by atoms with Gasteiger partial charge in [0.05, 0.1) is 26.7 Å². The van der Waals surface area contributed by atoms with Crippen molar-refractivity contribution in [2.24, 2.45) is 0 Å². The topological polar surface area (TPSA) is 49.3 Å². The third kappa shape index (κ3) is 15.6. The fourth-order valence-electron chi connectivity index (χ4n) is 3.62. The van der Waals surface area contributed by atoms with Crippen LogP contribution >= 0.6 is 0 Å². The van der Waals surface area contributed by atoms with Gasteiger partial charge >= 0.3 is 0 Å². The zero-order valence-electron chi connectivity index (χ0n) is 20.2. The summed E-state index contributed by atoms with van der Waals surface area (Å²) in [6, 6.07) is 0. The van der Waals surface area contributed by atoms with E-state index >= 15 is 0 Å². The molecule has 4 heteroatoms. The van der Waals surface area contributed by atoms with E-state index in [1.807, 2.05) is 0 Å². The van der Waals surface area contributed by atoms with Gasteiger partial charge in [-0.15, -0.1) is 0 Å². The zero-order valence-corrected chi connectivity index (χ0v) is 20.2. The lowest BCUT2D eigenvalue weighted by molar-refractivity contribution is -0.915. The Labute approximate surface area is 181 Å². The van der Waals surface area contributed by atoms with E-state index in [1.165, 1.54) is 38.5 Å². The lowest BCUT2D eigenvalue weighted by Gasteiger charge is -2.36. The first-order valence-electron chi connectivity index (χ1n) is 12.3. The molecule has 0 aromatic rings. The van der Waals surface area contributed by atoms with Crippen molar-refractivity contribution in [1.82, 2.24) is 5.32 Å². The molecular weight excluding hydrogens is 360 g/mol. The number of aliphatic hydroxyl groups excluding tert-OH is 1. The number of nitrogens with one attached hydrogen (secondary N) is 1. The number of amides is 1. The molecule has 0 saturated heterocycles. The smallest absolute Gasteiger partial charge is 0.224 e. The molecule has 0 bridgehead atoms. The first-order valence-corrected chi connectivity index (χ1v) is 12.3. The van der Waals surface area contributed by atoms with Crippen molar-refractivity contribution in [2.45, 2.75) is 123 Å². The van der Waals surface area contributed by atoms with Crippen LogP contribution < -0.4 is 5.32 Å². The summed E-state index contributed by atoms with van der Waals surface area (Å²) in [5, 5.41) is 13.2. The van der Waals surface area contributed by atoms with Gasteiger partial charge in [0.15, 0.2) is 6.17 Å². The van der Waals surface area contributed by atoms with E-state index in [0.29, 0.717) is 6.42 Å². The van der Waals surface area contributed by atoms with Crippen molar-refractivity contribution >= 4 is 5.91 Å². The van der Waals surface area contributed by atoms with Crippen LogP contribution in [0, 0.1) is 0 Å². The minimum absolute atomic E-state index is 0.164. The molecule has 1 amide bonds. The van der Waals surface area contributed by atoms with Crippen LogP contribution in [0.3, 0.4) is 0 Å². The summed E-state index contributed by atoms with van der Waals surface area (Å²) in [6.45, 7) is 7.54. The van der Waals surface area contributed by atoms with E-state index in [9.17, 15) is 9.90 Å². The highest BCUT2D eigenvalue weighted by atomic mass is 16.3. The van der Waals surface area contributed by atoms with Gasteiger partial charge in [0, 0.05) is 12.8 Å². The van der Waals surface area contributed by atoms with Gasteiger partial charge in [-0.2, -0.15) is 0 Å². The van der Waals surface area contributed by atoms with Crippen molar-refractivity contribution < 1.29 is 14.4 Å². The number of hydrogen-bond acceptors (Lipinski definition) is 2. The Bertz CT molecular complexity index is 421. The van der Waals surface area contributed by atoms with Gasteiger partial charge in [-0.1, -0.05) is 70.9 Å². The third-order valence-corrected chi connectivity index (χ3v) is 6.11. The maximum absolute atomic E-state index is 12.2. The molecule has 1 unspecified atom stereocenters. The minimum atomic E-state index is -0.164. The Morgan fingerprint density at radius 1 is 0.931 bits per heavy atom. The van der Waals surface area contributed by atoms with Crippen LogP contribution in [-0.4, -0.2) is 48.4 Å². The van der Waals surface area contributed by atoms with E-state index in [0.717, 1.165) is 56.0 Å². The third-order valence-electron chi connectivity index (χ3n) is 6.11. The van der Waals surface area contributed by atoms with Crippen LogP contribution in [0.4, 0.5) is 0 Å². The number of hydrogen-bond donors (Lipinski definition) is 2. The SMILES string of the molecule is CCCCCC[C@@H](O)CC=CCCCCCCCC(=O)NC(CC)[N+](C)(C)CC. The fourth-order valence-corrected chi connectivity index (χ4v) is 3.62. The molecule has 0 aliphatic rings. The van der Waals surface area contributed by atoms with Crippen LogP contribution in [0.25, 0.3) is 0 Å². The van der Waals surface area contributed by atoms with E-state index in [-0.39, 0.29) is 18.2 Å². The lowest BCUT2D eigenvalue weighted by atomic mass is 10.1. The molecule has 0 aromatic heterocycles. The van der Waals surface area contributed by atoms with Gasteiger partial charge in [-0.05, 0) is 39.0 Å². The van der Waals surface area contributed by atoms with Crippen LogP contribution in [0.2, 0.25) is 0 Å². The first-order chi connectivity index (χ1) is 13.9. The number of allylic oxidation sites excluding steroid dienone is 1. The Balaban J connectivity index is 3.62. The molecule has 0 fully saturated rings. The average molecular weight is 412 g/mol. The highest BCUT2D eigenvalue weighted by Crippen LogP contribution is 2.11. The second kappa shape index (κ2) is 17.9. The Morgan fingerprint density at radius 2 is 1.59 bits per heavy atom. The molecule has 172 valence electrons. The van der Waals surface area contributed by atoms with Crippen LogP contribution in [-0.2, 0) is 4.79 Å². The second-order valence-electron chi connectivity index (χ2n) is 9.10. The molecule has 4 nitrogen and oxygen atoms in total. The highest BCUT2D eigenvalue weighted by Gasteiger charge is 2.25. The second-order valence-corrected chi connectivity index (χ2v) is 9.10. The number of nitrogens with zero attached hydrogens (tertiary/aromatic N) is 1. The molecule has 29 heavy (non-hydrogen) atoms. The molecule has 0 radical (unpaired) electrons. The van der Waals surface area contributed by atoms with Crippen LogP contribution in [0.15, 0.2) is 12.2 Å². The lowest BCUT2D eigenvalue weighted by Crippen LogP contribution is -2.57. The fraction of sp³-hybridized carbons (Fsp3) is 0.880. The van der Waals surface area contributed by atoms with Gasteiger partial charge in [-0.3, -0.25) is 4.79 Å². The number of quaternary nitrogens is 1. The molecular formula is C25H51N2O2+. The monoisotopic (exact) mass is 411 g/mol. The zero-order chi connectivity index (χ0) is 22.0. The Morgan fingerprint density at radius 3 is 2.24 bits per heavy atom. The molecule has 0 aliphatic carbocycles. The molecule has 0 saturated carbocycles. The standard InChI is InChI=1S/C25H50N2O2/c1-6-9-10-17-20-23(28)21-18-15-13-11-12-14-16-19-22-25(29)26-24(7-2)27(4,5)8-3/h15,18,23-24,28H,6-14,16-17,19-22H2,1-5H3/p+1/t23-,24?/m1/s1. The normalized spacial score (nSPS) is 14.3. The van der Waals surface area contributed by atoms with E-state index in [2.05, 4.69) is 52.3 Å². The van der Waals surface area contributed by atoms with Crippen LogP contribution in [0.1, 0.15) is 111 Å². The summed E-state index contributed by atoms with van der Waals surface area (Å²) >= 11 is 0. The molecule has 0 aromatic carbocycles. The first kappa shape index (κ1) is 28.1. The predicted molar refractivity (Wildman–Crippen MR) is 126 cm³/mol. The molecule has 0 rings (SSSR count). The summed E-state index contributed by atoms with van der Waals surface area (Å²) in [7, 11) is 4.36. The van der Waals surface area contributed by atoms with Gasteiger partial charge in [0.2, 0.25) is 5.91 Å². The average Bonchev–Trinajstić information content (AvgIpc) is 2.70. The maximum Gasteiger partial charge on any atom is 0.224 e. The summed E-state index contributed by atoms with van der Waals surface area (Å²) in [4.78, 5) is 12.2. The summed E-state index contributed by atoms with van der Waals surface area (Å²) in [6.07, 6.45) is 19.6. The molecule has 2 atom stereocenters. The van der Waals surface area contributed by atoms with Crippen LogP contribution in [0.5, 0.6) is 0 Å². The van der Waals surface area contributed by atoms with Crippen molar-refractivity contribution in [3.8, 4) is 0 Å². The largest absolute Gasteiger partial charge is 0.393 e. The van der Waals surface area contributed by atoms with Gasteiger partial charge < -0.3 is 14.9 Å². The summed E-state index contributed by atoms with van der Waals surface area (Å²) < 4.78 is 0.839. The Kier molecular flexibility index (Phi) is 17.4. The van der Waals surface area contributed by atoms with Gasteiger partial charge in [0.25, 0.3) is 0 Å². The minimum Gasteiger partial charge on any atom is -0.393 e. The van der Waals surface area contributed by atoms with E-state index in [1.54, 1.807) is 0 Å². The number of carbonyl (C=O) groups is 1. The van der Waals surface area contributed by atoms with Crippen molar-refractivity contribution in [1.29, 1.82) is 0 Å². The van der Waals surface area contributed by atoms with Gasteiger partial charge in [0.1, 0.15) is 0 Å². The predicted octanol–water partition coefficient (Wildman–Crippen LogP) is 5.94. The number of aliphatic hydroxyl groups is 1. The van der Waals surface area contributed by atoms with Crippen molar-refractivity contribution in [3.63, 3.8) is 0 Å². The number of carbonyl (C=O) groups excluding carboxylic acids is 1. The molecule has 0 heterocycles. The quantitative estimate of drug-likeness (QED) is 0.119.